The quantitative estimate of drug-likeness (QED) is 0.379. The number of aryl methyl sites for hydroxylation is 1. The number of methoxy groups -OCH3 is 1. The number of aliphatic hydroxyl groups is 1. The predicted molar refractivity (Wildman–Crippen MR) is 144 cm³/mol. The molecule has 1 aliphatic rings. The first-order valence-corrected chi connectivity index (χ1v) is 12.6. The van der Waals surface area contributed by atoms with Crippen LogP contribution in [0.3, 0.4) is 0 Å². The highest BCUT2D eigenvalue weighted by molar-refractivity contribution is 5.60. The zero-order valence-corrected chi connectivity index (χ0v) is 21.5. The van der Waals surface area contributed by atoms with Crippen molar-refractivity contribution >= 4 is 5.69 Å². The lowest BCUT2D eigenvalue weighted by Crippen LogP contribution is -2.38. The van der Waals surface area contributed by atoms with Crippen molar-refractivity contribution < 1.29 is 19.7 Å². The van der Waals surface area contributed by atoms with Gasteiger partial charge in [-0.15, -0.1) is 0 Å². The Labute approximate surface area is 214 Å². The summed E-state index contributed by atoms with van der Waals surface area (Å²) in [6, 6.07) is 20.0. The minimum Gasteiger partial charge on any atom is -0.508 e. The van der Waals surface area contributed by atoms with Crippen molar-refractivity contribution in [3.05, 3.63) is 82.9 Å². The Kier molecular flexibility index (Phi) is 8.07. The maximum Gasteiger partial charge on any atom is 0.120 e. The largest absolute Gasteiger partial charge is 0.508 e. The third kappa shape index (κ3) is 6.50. The summed E-state index contributed by atoms with van der Waals surface area (Å²) in [4.78, 5) is 2.23. The molecule has 4 N–H and O–H groups in total. The maximum atomic E-state index is 9.92. The van der Waals surface area contributed by atoms with Crippen LogP contribution >= 0.6 is 0 Å². The standard InChI is InChI=1S/C30H38N2O4/c1-30(2,31)20-36-26-10-4-21(5-11-26)19-32(14-15-33)29-18-27(35-3)12-13-28(29)24-7-6-23-17-25(34)9-8-22(23)16-24/h4-5,8-13,17-18,24,33-34H,6-7,14-16,19-20,31H2,1-3H3/t24-/m1/s1. The van der Waals surface area contributed by atoms with Crippen molar-refractivity contribution in [1.82, 2.24) is 0 Å². The number of ether oxygens (including phenoxy) is 2. The van der Waals surface area contributed by atoms with Gasteiger partial charge >= 0.3 is 0 Å². The van der Waals surface area contributed by atoms with E-state index in [2.05, 4.69) is 29.2 Å². The molecule has 3 aromatic carbocycles. The second-order valence-corrected chi connectivity index (χ2v) is 10.4. The Morgan fingerprint density at radius 2 is 1.75 bits per heavy atom. The highest BCUT2D eigenvalue weighted by atomic mass is 16.5. The lowest BCUT2D eigenvalue weighted by atomic mass is 9.79. The molecule has 0 saturated carbocycles. The van der Waals surface area contributed by atoms with Gasteiger partial charge < -0.3 is 30.3 Å². The number of phenolic OH excluding ortho intramolecular Hbond substituents is 1. The van der Waals surface area contributed by atoms with E-state index in [9.17, 15) is 10.2 Å². The molecule has 3 aromatic rings. The van der Waals surface area contributed by atoms with Crippen LogP contribution in [-0.4, -0.2) is 42.6 Å². The molecular formula is C30H38N2O4. The number of aliphatic hydroxyl groups excluding tert-OH is 1. The Bertz CT molecular complexity index is 1150. The molecule has 1 aliphatic carbocycles. The van der Waals surface area contributed by atoms with Crippen molar-refractivity contribution in [1.29, 1.82) is 0 Å². The molecule has 192 valence electrons. The molecule has 0 radical (unpaired) electrons. The van der Waals surface area contributed by atoms with E-state index >= 15 is 0 Å². The summed E-state index contributed by atoms with van der Waals surface area (Å²) in [5.74, 6) is 2.26. The fraction of sp³-hybridized carbons (Fsp3) is 0.400. The fourth-order valence-electron chi connectivity index (χ4n) is 4.86. The van der Waals surface area contributed by atoms with E-state index < -0.39 is 0 Å². The number of benzene rings is 3. The molecule has 0 aromatic heterocycles. The predicted octanol–water partition coefficient (Wildman–Crippen LogP) is 4.79. The van der Waals surface area contributed by atoms with E-state index in [-0.39, 0.29) is 12.1 Å². The maximum absolute atomic E-state index is 9.92. The number of anilines is 1. The molecule has 0 bridgehead atoms. The van der Waals surface area contributed by atoms with Gasteiger partial charge in [0.1, 0.15) is 23.9 Å². The van der Waals surface area contributed by atoms with Crippen molar-refractivity contribution in [2.45, 2.75) is 51.1 Å². The number of hydrogen-bond acceptors (Lipinski definition) is 6. The number of phenols is 1. The van der Waals surface area contributed by atoms with E-state index in [4.69, 9.17) is 15.2 Å². The number of rotatable bonds is 10. The van der Waals surface area contributed by atoms with E-state index in [0.29, 0.717) is 31.4 Å². The Morgan fingerprint density at radius 3 is 2.44 bits per heavy atom. The second kappa shape index (κ2) is 11.2. The van der Waals surface area contributed by atoms with Gasteiger partial charge in [-0.25, -0.2) is 0 Å². The van der Waals surface area contributed by atoms with Crippen LogP contribution in [0.25, 0.3) is 0 Å². The number of nitrogens with zero attached hydrogens (tertiary/aromatic N) is 1. The summed E-state index contributed by atoms with van der Waals surface area (Å²) >= 11 is 0. The van der Waals surface area contributed by atoms with Crippen molar-refractivity contribution in [3.63, 3.8) is 0 Å². The Hall–Kier alpha value is -3.22. The molecule has 36 heavy (non-hydrogen) atoms. The Balaban J connectivity index is 1.58. The van der Waals surface area contributed by atoms with E-state index in [1.807, 2.05) is 44.2 Å². The second-order valence-electron chi connectivity index (χ2n) is 10.4. The highest BCUT2D eigenvalue weighted by Gasteiger charge is 2.25. The first-order valence-electron chi connectivity index (χ1n) is 12.6. The van der Waals surface area contributed by atoms with Gasteiger partial charge in [0.05, 0.1) is 13.7 Å². The summed E-state index contributed by atoms with van der Waals surface area (Å²) in [6.07, 6.45) is 2.86. The topological polar surface area (TPSA) is 88.2 Å². The average molecular weight is 491 g/mol. The number of fused-ring (bicyclic) bond motifs is 1. The molecule has 4 rings (SSSR count). The first kappa shape index (κ1) is 25.9. The molecule has 6 nitrogen and oxygen atoms in total. The minimum atomic E-state index is -0.390. The van der Waals surface area contributed by atoms with Crippen LogP contribution in [0.15, 0.2) is 60.7 Å². The monoisotopic (exact) mass is 490 g/mol. The molecule has 1 atom stereocenters. The van der Waals surface area contributed by atoms with Crippen molar-refractivity contribution in [2.24, 2.45) is 5.73 Å². The lowest BCUT2D eigenvalue weighted by molar-refractivity contribution is 0.243. The van der Waals surface area contributed by atoms with Gasteiger partial charge in [0.25, 0.3) is 0 Å². The molecule has 0 saturated heterocycles. The summed E-state index contributed by atoms with van der Waals surface area (Å²) < 4.78 is 11.4. The van der Waals surface area contributed by atoms with Crippen LogP contribution < -0.4 is 20.1 Å². The summed E-state index contributed by atoms with van der Waals surface area (Å²) in [5, 5.41) is 19.8. The first-order chi connectivity index (χ1) is 17.3. The summed E-state index contributed by atoms with van der Waals surface area (Å²) in [7, 11) is 1.68. The van der Waals surface area contributed by atoms with Crippen LogP contribution in [-0.2, 0) is 19.4 Å². The summed E-state index contributed by atoms with van der Waals surface area (Å²) in [6.45, 7) is 5.54. The highest BCUT2D eigenvalue weighted by Crippen LogP contribution is 2.40. The van der Waals surface area contributed by atoms with Gasteiger partial charge in [-0.05, 0) is 91.6 Å². The number of nitrogens with two attached hydrogens (primary N) is 1. The van der Waals surface area contributed by atoms with Gasteiger partial charge in [-0.1, -0.05) is 24.3 Å². The molecule has 0 fully saturated rings. The lowest BCUT2D eigenvalue weighted by Gasteiger charge is -2.32. The normalized spacial score (nSPS) is 15.3. The van der Waals surface area contributed by atoms with Gasteiger partial charge in [0, 0.05) is 30.4 Å². The summed E-state index contributed by atoms with van der Waals surface area (Å²) in [5.41, 5.74) is 11.6. The minimum absolute atomic E-state index is 0.0518. The average Bonchev–Trinajstić information content (AvgIpc) is 2.87. The molecule has 0 heterocycles. The smallest absolute Gasteiger partial charge is 0.120 e. The van der Waals surface area contributed by atoms with Gasteiger partial charge in [-0.2, -0.15) is 0 Å². The van der Waals surface area contributed by atoms with Gasteiger partial charge in [0.2, 0.25) is 0 Å². The van der Waals surface area contributed by atoms with Crippen LogP contribution in [0.4, 0.5) is 5.69 Å². The Morgan fingerprint density at radius 1 is 1.00 bits per heavy atom. The zero-order valence-electron chi connectivity index (χ0n) is 21.5. The molecule has 0 amide bonds. The van der Waals surface area contributed by atoms with Crippen molar-refractivity contribution in [3.8, 4) is 17.2 Å². The van der Waals surface area contributed by atoms with Crippen LogP contribution in [0, 0.1) is 0 Å². The zero-order chi connectivity index (χ0) is 25.7. The number of hydrogen-bond donors (Lipinski definition) is 3. The third-order valence-electron chi connectivity index (χ3n) is 6.71. The van der Waals surface area contributed by atoms with Crippen molar-refractivity contribution in [2.75, 3.05) is 31.8 Å². The SMILES string of the molecule is COc1ccc([C@@H]2CCc3cc(O)ccc3C2)c(N(CCO)Cc2ccc(OCC(C)(C)N)cc2)c1. The van der Waals surface area contributed by atoms with Crippen LogP contribution in [0.5, 0.6) is 17.2 Å². The molecular weight excluding hydrogens is 452 g/mol. The number of aromatic hydroxyl groups is 1. The van der Waals surface area contributed by atoms with Crippen LogP contribution in [0.2, 0.25) is 0 Å². The van der Waals surface area contributed by atoms with E-state index in [1.54, 1.807) is 13.2 Å². The molecule has 0 aliphatic heterocycles. The van der Waals surface area contributed by atoms with Crippen LogP contribution in [0.1, 0.15) is 48.4 Å². The van der Waals surface area contributed by atoms with E-state index in [1.165, 1.54) is 16.7 Å². The molecule has 0 unspecified atom stereocenters. The fourth-order valence-corrected chi connectivity index (χ4v) is 4.86. The van der Waals surface area contributed by atoms with Gasteiger partial charge in [-0.3, -0.25) is 0 Å². The van der Waals surface area contributed by atoms with E-state index in [0.717, 1.165) is 42.0 Å². The third-order valence-corrected chi connectivity index (χ3v) is 6.71. The van der Waals surface area contributed by atoms with Gasteiger partial charge in [0.15, 0.2) is 0 Å². The molecule has 0 spiro atoms. The molecule has 6 heteroatoms.